The Hall–Kier alpha value is -2.91. The van der Waals surface area contributed by atoms with Crippen LogP contribution in [-0.2, 0) is 0 Å². The van der Waals surface area contributed by atoms with Crippen molar-refractivity contribution in [2.75, 3.05) is 0 Å². The second-order valence-corrected chi connectivity index (χ2v) is 7.51. The fraction of sp³-hybridized carbons (Fsp3) is 0.0476. The SMILES string of the molecule is Fc1cccc(Cl)c1-c1nc(Br)c(-c2ccc(-c3cccc(OC(F)(F)F)c3)nc2)[nH]1. The number of hydrogen-bond donors (Lipinski definition) is 1. The molecule has 1 N–H and O–H groups in total. The van der Waals surface area contributed by atoms with Gasteiger partial charge in [-0.1, -0.05) is 29.8 Å². The number of aromatic amines is 1. The predicted molar refractivity (Wildman–Crippen MR) is 112 cm³/mol. The Kier molecular flexibility index (Phi) is 5.72. The summed E-state index contributed by atoms with van der Waals surface area (Å²) in [5, 5.41) is 0.210. The lowest BCUT2D eigenvalue weighted by atomic mass is 10.1. The zero-order valence-electron chi connectivity index (χ0n) is 15.3. The first-order valence-corrected chi connectivity index (χ1v) is 9.91. The Morgan fingerprint density at radius 3 is 2.45 bits per heavy atom. The van der Waals surface area contributed by atoms with Crippen molar-refractivity contribution in [3.05, 3.63) is 76.2 Å². The van der Waals surface area contributed by atoms with Gasteiger partial charge in [-0.25, -0.2) is 9.37 Å². The number of halogens is 6. The fourth-order valence-electron chi connectivity index (χ4n) is 2.95. The number of imidazole rings is 1. The van der Waals surface area contributed by atoms with E-state index in [1.54, 1.807) is 24.3 Å². The van der Waals surface area contributed by atoms with Gasteiger partial charge in [0, 0.05) is 17.3 Å². The van der Waals surface area contributed by atoms with Gasteiger partial charge in [0.1, 0.15) is 22.0 Å². The number of H-pyrrole nitrogens is 1. The Morgan fingerprint density at radius 1 is 1.00 bits per heavy atom. The van der Waals surface area contributed by atoms with Crippen LogP contribution < -0.4 is 4.74 Å². The van der Waals surface area contributed by atoms with Gasteiger partial charge in [-0.3, -0.25) is 4.98 Å². The Labute approximate surface area is 187 Å². The highest BCUT2D eigenvalue weighted by Gasteiger charge is 2.31. The zero-order valence-corrected chi connectivity index (χ0v) is 17.7. The zero-order chi connectivity index (χ0) is 22.2. The molecule has 0 bridgehead atoms. The highest BCUT2D eigenvalue weighted by atomic mass is 79.9. The molecule has 4 rings (SSSR count). The number of alkyl halides is 3. The molecule has 0 aliphatic heterocycles. The predicted octanol–water partition coefficient (Wildman–Crippen LogP) is 7.26. The van der Waals surface area contributed by atoms with Crippen molar-refractivity contribution in [3.8, 4) is 39.7 Å². The average Bonchev–Trinajstić information content (AvgIpc) is 3.08. The van der Waals surface area contributed by atoms with Crippen molar-refractivity contribution in [3.63, 3.8) is 0 Å². The number of nitrogens with one attached hydrogen (secondary N) is 1. The van der Waals surface area contributed by atoms with Crippen LogP contribution in [0.4, 0.5) is 17.6 Å². The summed E-state index contributed by atoms with van der Waals surface area (Å²) in [6.45, 7) is 0. The highest BCUT2D eigenvalue weighted by molar-refractivity contribution is 9.10. The van der Waals surface area contributed by atoms with E-state index in [9.17, 15) is 17.6 Å². The van der Waals surface area contributed by atoms with Gasteiger partial charge >= 0.3 is 6.36 Å². The normalized spacial score (nSPS) is 11.5. The summed E-state index contributed by atoms with van der Waals surface area (Å²) in [6.07, 6.45) is -3.25. The first-order chi connectivity index (χ1) is 14.7. The molecule has 31 heavy (non-hydrogen) atoms. The van der Waals surface area contributed by atoms with E-state index >= 15 is 0 Å². The number of rotatable bonds is 4. The Morgan fingerprint density at radius 2 is 1.77 bits per heavy atom. The van der Waals surface area contributed by atoms with Crippen LogP contribution in [-0.4, -0.2) is 21.3 Å². The second-order valence-electron chi connectivity index (χ2n) is 6.36. The molecule has 0 radical (unpaired) electrons. The van der Waals surface area contributed by atoms with Crippen molar-refractivity contribution in [1.29, 1.82) is 0 Å². The molecule has 2 aromatic carbocycles. The lowest BCUT2D eigenvalue weighted by Crippen LogP contribution is -2.17. The van der Waals surface area contributed by atoms with Crippen LogP contribution >= 0.6 is 27.5 Å². The van der Waals surface area contributed by atoms with E-state index in [0.29, 0.717) is 27.1 Å². The smallest absolute Gasteiger partial charge is 0.406 e. The quantitative estimate of drug-likeness (QED) is 0.293. The van der Waals surface area contributed by atoms with E-state index < -0.39 is 12.2 Å². The minimum atomic E-state index is -4.78. The fourth-order valence-corrected chi connectivity index (χ4v) is 3.71. The van der Waals surface area contributed by atoms with Gasteiger partial charge in [-0.15, -0.1) is 13.2 Å². The van der Waals surface area contributed by atoms with Crippen molar-refractivity contribution in [2.45, 2.75) is 6.36 Å². The molecule has 0 amide bonds. The Balaban J connectivity index is 1.64. The molecule has 4 aromatic rings. The largest absolute Gasteiger partial charge is 0.573 e. The van der Waals surface area contributed by atoms with Crippen LogP contribution in [0.2, 0.25) is 5.02 Å². The monoisotopic (exact) mass is 511 g/mol. The van der Waals surface area contributed by atoms with Crippen LogP contribution in [0, 0.1) is 5.82 Å². The lowest BCUT2D eigenvalue weighted by Gasteiger charge is -2.10. The van der Waals surface area contributed by atoms with E-state index in [-0.39, 0.29) is 22.2 Å². The average molecular weight is 513 g/mol. The molecule has 10 heteroatoms. The van der Waals surface area contributed by atoms with E-state index in [1.165, 1.54) is 36.5 Å². The first kappa shape index (κ1) is 21.3. The lowest BCUT2D eigenvalue weighted by molar-refractivity contribution is -0.274. The molecule has 0 unspecified atom stereocenters. The molecule has 2 heterocycles. The molecule has 158 valence electrons. The number of benzene rings is 2. The summed E-state index contributed by atoms with van der Waals surface area (Å²) in [5.74, 6) is -0.612. The molecule has 4 nitrogen and oxygen atoms in total. The maximum atomic E-state index is 14.2. The van der Waals surface area contributed by atoms with E-state index in [1.807, 2.05) is 0 Å². The summed E-state index contributed by atoms with van der Waals surface area (Å²) >= 11 is 9.45. The van der Waals surface area contributed by atoms with Crippen molar-refractivity contribution >= 4 is 27.5 Å². The van der Waals surface area contributed by atoms with Crippen LogP contribution in [0.5, 0.6) is 5.75 Å². The first-order valence-electron chi connectivity index (χ1n) is 8.74. The third-order valence-corrected chi connectivity index (χ3v) is 5.16. The third kappa shape index (κ3) is 4.72. The van der Waals surface area contributed by atoms with Gasteiger partial charge in [0.25, 0.3) is 0 Å². The molecule has 0 fully saturated rings. The van der Waals surface area contributed by atoms with Crippen molar-refractivity contribution in [2.24, 2.45) is 0 Å². The van der Waals surface area contributed by atoms with Gasteiger partial charge in [-0.2, -0.15) is 0 Å². The maximum absolute atomic E-state index is 14.2. The summed E-state index contributed by atoms with van der Waals surface area (Å²) < 4.78 is 55.9. The molecule has 2 aromatic heterocycles. The molecule has 0 saturated heterocycles. The molecule has 0 aliphatic carbocycles. The summed E-state index contributed by atoms with van der Waals surface area (Å²) in [4.78, 5) is 11.6. The summed E-state index contributed by atoms with van der Waals surface area (Å²) in [5.41, 5.74) is 2.22. The molecule has 0 spiro atoms. The van der Waals surface area contributed by atoms with Gasteiger partial charge in [0.05, 0.1) is 22.0 Å². The Bertz CT molecular complexity index is 1220. The number of aromatic nitrogens is 3. The van der Waals surface area contributed by atoms with Gasteiger partial charge in [0.15, 0.2) is 0 Å². The van der Waals surface area contributed by atoms with Gasteiger partial charge < -0.3 is 9.72 Å². The third-order valence-electron chi connectivity index (χ3n) is 4.27. The van der Waals surface area contributed by atoms with Crippen LogP contribution in [0.3, 0.4) is 0 Å². The minimum absolute atomic E-state index is 0.141. The molecule has 0 saturated carbocycles. The van der Waals surface area contributed by atoms with Gasteiger partial charge in [-0.05, 0) is 52.3 Å². The van der Waals surface area contributed by atoms with Crippen molar-refractivity contribution in [1.82, 2.24) is 15.0 Å². The van der Waals surface area contributed by atoms with Crippen LogP contribution in [0.25, 0.3) is 33.9 Å². The standard InChI is InChI=1S/C21H11BrClF4N3O/c22-19-18(29-20(30-19)17-14(23)5-2-6-15(17)24)12-7-8-16(28-10-12)11-3-1-4-13(9-11)31-21(25,26)27/h1-10H,(H,29,30). The maximum Gasteiger partial charge on any atom is 0.573 e. The van der Waals surface area contributed by atoms with Crippen molar-refractivity contribution < 1.29 is 22.3 Å². The molecule has 0 atom stereocenters. The van der Waals surface area contributed by atoms with Crippen LogP contribution in [0.15, 0.2) is 65.4 Å². The minimum Gasteiger partial charge on any atom is -0.406 e. The number of pyridine rings is 1. The van der Waals surface area contributed by atoms with Crippen LogP contribution in [0.1, 0.15) is 0 Å². The number of hydrogen-bond acceptors (Lipinski definition) is 3. The molecular weight excluding hydrogens is 502 g/mol. The topological polar surface area (TPSA) is 50.8 Å². The second kappa shape index (κ2) is 8.32. The summed E-state index contributed by atoms with van der Waals surface area (Å²) in [6, 6.07) is 13.2. The number of ether oxygens (including phenoxy) is 1. The highest BCUT2D eigenvalue weighted by Crippen LogP contribution is 2.34. The number of nitrogens with zero attached hydrogens (tertiary/aromatic N) is 2. The van der Waals surface area contributed by atoms with E-state index in [2.05, 4.69) is 35.6 Å². The molecular formula is C21H11BrClF4N3O. The summed E-state index contributed by atoms with van der Waals surface area (Å²) in [7, 11) is 0. The van der Waals surface area contributed by atoms with E-state index in [0.717, 1.165) is 0 Å². The van der Waals surface area contributed by atoms with Gasteiger partial charge in [0.2, 0.25) is 0 Å². The molecule has 0 aliphatic rings. The van der Waals surface area contributed by atoms with E-state index in [4.69, 9.17) is 11.6 Å².